The van der Waals surface area contributed by atoms with Gasteiger partial charge in [-0.3, -0.25) is 9.08 Å². The van der Waals surface area contributed by atoms with Crippen molar-refractivity contribution >= 4 is 33.7 Å². The van der Waals surface area contributed by atoms with Crippen LogP contribution in [0.5, 0.6) is 0 Å². The first kappa shape index (κ1) is 24.7. The Labute approximate surface area is 200 Å². The number of rotatable bonds is 6. The highest BCUT2D eigenvalue weighted by Crippen LogP contribution is 2.32. The molecule has 0 saturated carbocycles. The monoisotopic (exact) mass is 511 g/mol. The molecule has 2 amide bonds. The van der Waals surface area contributed by atoms with Crippen molar-refractivity contribution in [2.45, 2.75) is 6.10 Å². The Morgan fingerprint density at radius 2 is 1.83 bits per heavy atom. The fourth-order valence-electron chi connectivity index (χ4n) is 3.99. The molecule has 0 aliphatic carbocycles. The molecule has 188 valence electrons. The second-order valence-electron chi connectivity index (χ2n) is 8.19. The molecule has 0 unspecified atom stereocenters. The number of carboxylic acid groups (broad SMARTS) is 1. The molecule has 13 heteroatoms. The molecule has 2 aromatic rings. The number of ether oxygens (including phenoxy) is 1. The van der Waals surface area contributed by atoms with Crippen molar-refractivity contribution in [2.75, 3.05) is 55.4 Å². The van der Waals surface area contributed by atoms with E-state index in [9.17, 15) is 26.8 Å². The Morgan fingerprint density at radius 3 is 2.43 bits per heavy atom. The maximum Gasteiger partial charge on any atom is 0.414 e. The average Bonchev–Trinajstić information content (AvgIpc) is 3.18. The Hall–Kier alpha value is -3.45. The summed E-state index contributed by atoms with van der Waals surface area (Å²) in [6.45, 7) is 0.825. The van der Waals surface area contributed by atoms with Gasteiger partial charge in [-0.15, -0.1) is 0 Å². The number of halogens is 2. The molecular formula is C22H23F2N3O7S. The van der Waals surface area contributed by atoms with E-state index in [-0.39, 0.29) is 37.5 Å². The van der Waals surface area contributed by atoms with Gasteiger partial charge in [0.25, 0.3) is 10.1 Å². The number of carbonyl (C=O) groups is 2. The number of benzene rings is 2. The lowest BCUT2D eigenvalue weighted by molar-refractivity contribution is 0.107. The normalized spacial score (nSPS) is 18.7. The fourth-order valence-corrected chi connectivity index (χ4v) is 4.39. The van der Waals surface area contributed by atoms with E-state index in [1.54, 1.807) is 11.0 Å². The Morgan fingerprint density at radius 1 is 1.11 bits per heavy atom. The number of anilines is 2. The maximum atomic E-state index is 14.9. The predicted octanol–water partition coefficient (Wildman–Crippen LogP) is 2.73. The summed E-state index contributed by atoms with van der Waals surface area (Å²) in [5.41, 5.74) is 0.923. The molecule has 0 spiro atoms. The first-order chi connectivity index (χ1) is 16.5. The summed E-state index contributed by atoms with van der Waals surface area (Å²) in [7, 11) is -3.70. The number of hydrogen-bond acceptors (Lipinski definition) is 7. The van der Waals surface area contributed by atoms with Gasteiger partial charge in [0.05, 0.1) is 24.2 Å². The third-order valence-corrected chi connectivity index (χ3v) is 6.32. The number of cyclic esters (lactones) is 1. The van der Waals surface area contributed by atoms with Crippen LogP contribution in [-0.4, -0.2) is 82.3 Å². The average molecular weight is 512 g/mol. The van der Waals surface area contributed by atoms with E-state index >= 15 is 0 Å². The summed E-state index contributed by atoms with van der Waals surface area (Å²) in [4.78, 5) is 27.4. The number of amides is 2. The van der Waals surface area contributed by atoms with Crippen LogP contribution in [0.15, 0.2) is 36.4 Å². The van der Waals surface area contributed by atoms with Gasteiger partial charge in [-0.2, -0.15) is 8.42 Å². The summed E-state index contributed by atoms with van der Waals surface area (Å²) in [6.07, 6.45) is -1.74. The molecule has 1 atom stereocenters. The van der Waals surface area contributed by atoms with Crippen LogP contribution in [0.3, 0.4) is 0 Å². The summed E-state index contributed by atoms with van der Waals surface area (Å²) < 4.78 is 61.8. The molecule has 35 heavy (non-hydrogen) atoms. The number of nitrogens with zero attached hydrogens (tertiary/aromatic N) is 3. The lowest BCUT2D eigenvalue weighted by Gasteiger charge is -2.34. The third-order valence-electron chi connectivity index (χ3n) is 5.76. The van der Waals surface area contributed by atoms with Gasteiger partial charge in [0.2, 0.25) is 0 Å². The number of piperazine rings is 1. The zero-order chi connectivity index (χ0) is 25.3. The van der Waals surface area contributed by atoms with Crippen molar-refractivity contribution in [3.05, 3.63) is 48.0 Å². The Balaban J connectivity index is 1.46. The lowest BCUT2D eigenvalue weighted by atomic mass is 10.0. The van der Waals surface area contributed by atoms with E-state index in [0.717, 1.165) is 17.2 Å². The molecule has 1 N–H and O–H groups in total. The maximum absolute atomic E-state index is 14.9. The molecule has 0 bridgehead atoms. The van der Waals surface area contributed by atoms with Crippen LogP contribution < -0.4 is 9.80 Å². The van der Waals surface area contributed by atoms with Gasteiger partial charge in [0, 0.05) is 31.7 Å². The van der Waals surface area contributed by atoms with Crippen molar-refractivity contribution in [1.82, 2.24) is 4.90 Å². The number of hydrogen-bond donors (Lipinski definition) is 1. The van der Waals surface area contributed by atoms with Gasteiger partial charge in [0.1, 0.15) is 24.3 Å². The van der Waals surface area contributed by atoms with Gasteiger partial charge >= 0.3 is 12.2 Å². The van der Waals surface area contributed by atoms with E-state index in [1.165, 1.54) is 29.2 Å². The molecule has 4 rings (SSSR count). The summed E-state index contributed by atoms with van der Waals surface area (Å²) in [5, 5.41) is 9.05. The van der Waals surface area contributed by atoms with Gasteiger partial charge in [0.15, 0.2) is 0 Å². The highest BCUT2D eigenvalue weighted by atomic mass is 32.2. The van der Waals surface area contributed by atoms with Crippen molar-refractivity contribution in [1.29, 1.82) is 0 Å². The molecule has 10 nitrogen and oxygen atoms in total. The van der Waals surface area contributed by atoms with Crippen LogP contribution in [0.2, 0.25) is 0 Å². The van der Waals surface area contributed by atoms with E-state index < -0.39 is 40.0 Å². The van der Waals surface area contributed by atoms with Gasteiger partial charge in [-0.1, -0.05) is 6.07 Å². The predicted molar refractivity (Wildman–Crippen MR) is 122 cm³/mol. The van der Waals surface area contributed by atoms with Gasteiger partial charge in [-0.25, -0.2) is 18.4 Å². The van der Waals surface area contributed by atoms with Crippen LogP contribution in [0.4, 0.5) is 29.7 Å². The molecule has 0 aromatic heterocycles. The number of carbonyl (C=O) groups excluding carboxylic acids is 1. The summed E-state index contributed by atoms with van der Waals surface area (Å²) in [6, 6.07) is 8.32. The summed E-state index contributed by atoms with van der Waals surface area (Å²) in [5.74, 6) is -1.25. The Kier molecular flexibility index (Phi) is 6.81. The first-order valence-electron chi connectivity index (χ1n) is 10.7. The van der Waals surface area contributed by atoms with Crippen LogP contribution >= 0.6 is 0 Å². The second-order valence-corrected chi connectivity index (χ2v) is 9.84. The molecule has 2 aliphatic rings. The van der Waals surface area contributed by atoms with Gasteiger partial charge < -0.3 is 19.6 Å². The lowest BCUT2D eigenvalue weighted by Crippen LogP contribution is -2.48. The van der Waals surface area contributed by atoms with E-state index in [0.29, 0.717) is 24.3 Å². The minimum absolute atomic E-state index is 0.0222. The minimum Gasteiger partial charge on any atom is -0.465 e. The van der Waals surface area contributed by atoms with Crippen LogP contribution in [0.1, 0.15) is 0 Å². The molecule has 2 saturated heterocycles. The van der Waals surface area contributed by atoms with E-state index in [2.05, 4.69) is 4.18 Å². The Bertz CT molecular complexity index is 1250. The molecular weight excluding hydrogens is 488 g/mol. The zero-order valence-electron chi connectivity index (χ0n) is 18.7. The highest BCUT2D eigenvalue weighted by Gasteiger charge is 2.33. The van der Waals surface area contributed by atoms with Crippen LogP contribution in [0.25, 0.3) is 11.1 Å². The van der Waals surface area contributed by atoms with Crippen molar-refractivity contribution in [2.24, 2.45) is 0 Å². The minimum atomic E-state index is -3.70. The second kappa shape index (κ2) is 9.66. The smallest absolute Gasteiger partial charge is 0.414 e. The molecule has 2 aliphatic heterocycles. The SMILES string of the molecule is CS(=O)(=O)OC[C@H]1CN(c2ccc(-c3ccc(N4CCN(C(=O)O)CC4)c(F)c3)c(F)c2)C(=O)O1. The molecule has 0 radical (unpaired) electrons. The van der Waals surface area contributed by atoms with Crippen molar-refractivity contribution in [3.8, 4) is 11.1 Å². The van der Waals surface area contributed by atoms with Gasteiger partial charge in [-0.05, 0) is 35.9 Å². The summed E-state index contributed by atoms with van der Waals surface area (Å²) >= 11 is 0. The largest absolute Gasteiger partial charge is 0.465 e. The topological polar surface area (TPSA) is 117 Å². The standard InChI is InChI=1S/C22H23F2N3O7S/c1-35(31,32)33-13-16-12-27(22(30)34-16)15-3-4-17(18(23)11-15)14-2-5-20(19(24)10-14)25-6-8-26(9-7-25)21(28)29/h2-5,10-11,16H,6-9,12-13H2,1H3,(H,28,29)/t16-/m1/s1. The fraction of sp³-hybridized carbons (Fsp3) is 0.364. The molecule has 2 fully saturated rings. The quantitative estimate of drug-likeness (QED) is 0.589. The van der Waals surface area contributed by atoms with E-state index in [4.69, 9.17) is 9.84 Å². The van der Waals surface area contributed by atoms with Crippen molar-refractivity contribution in [3.63, 3.8) is 0 Å². The zero-order valence-corrected chi connectivity index (χ0v) is 19.5. The molecule has 2 heterocycles. The van der Waals surface area contributed by atoms with E-state index in [1.807, 2.05) is 0 Å². The van der Waals surface area contributed by atoms with Crippen LogP contribution in [-0.2, 0) is 19.0 Å². The first-order valence-corrected chi connectivity index (χ1v) is 12.5. The van der Waals surface area contributed by atoms with Crippen LogP contribution in [0, 0.1) is 11.6 Å². The highest BCUT2D eigenvalue weighted by molar-refractivity contribution is 7.85. The van der Waals surface area contributed by atoms with Crippen molar-refractivity contribution < 1.29 is 40.8 Å². The molecule has 2 aromatic carbocycles. The third kappa shape index (κ3) is 5.62.